The summed E-state index contributed by atoms with van der Waals surface area (Å²) in [5.41, 5.74) is 1.16. The minimum atomic E-state index is -1.04. The summed E-state index contributed by atoms with van der Waals surface area (Å²) < 4.78 is 1.49. The predicted octanol–water partition coefficient (Wildman–Crippen LogP) is 2.13. The fourth-order valence-electron chi connectivity index (χ4n) is 2.51. The Morgan fingerprint density at radius 3 is 2.75 bits per heavy atom. The van der Waals surface area contributed by atoms with Gasteiger partial charge in [-0.15, -0.1) is 5.10 Å². The normalized spacial score (nSPS) is 11.4. The van der Waals surface area contributed by atoms with E-state index in [2.05, 4.69) is 15.5 Å². The number of rotatable bonds is 1. The van der Waals surface area contributed by atoms with E-state index in [-0.39, 0.29) is 11.2 Å². The van der Waals surface area contributed by atoms with E-state index < -0.39 is 5.97 Å². The van der Waals surface area contributed by atoms with Gasteiger partial charge in [0, 0.05) is 10.8 Å². The number of fused-ring (bicyclic) bond motifs is 5. The topological polar surface area (TPSA) is 80.4 Å². The maximum atomic E-state index is 11.3. The predicted molar refractivity (Wildman–Crippen MR) is 72.8 cm³/mol. The van der Waals surface area contributed by atoms with Gasteiger partial charge in [-0.3, -0.25) is 0 Å². The molecule has 0 aliphatic heterocycles. The average molecular weight is 264 g/mol. The summed E-state index contributed by atoms with van der Waals surface area (Å²) in [4.78, 5) is 11.3. The van der Waals surface area contributed by atoms with E-state index in [4.69, 9.17) is 0 Å². The van der Waals surface area contributed by atoms with Gasteiger partial charge in [0.2, 0.25) is 0 Å². The fourth-order valence-corrected chi connectivity index (χ4v) is 2.51. The van der Waals surface area contributed by atoms with Crippen LogP contribution in [-0.4, -0.2) is 31.1 Å². The highest BCUT2D eigenvalue weighted by atomic mass is 16.4. The molecular formula is C14H8N4O2. The van der Waals surface area contributed by atoms with Gasteiger partial charge in [0.15, 0.2) is 5.65 Å². The van der Waals surface area contributed by atoms with Crippen LogP contribution in [0.1, 0.15) is 10.4 Å². The van der Waals surface area contributed by atoms with Crippen LogP contribution in [0.25, 0.3) is 27.3 Å². The van der Waals surface area contributed by atoms with Gasteiger partial charge >= 0.3 is 5.97 Å². The van der Waals surface area contributed by atoms with Gasteiger partial charge in [0.25, 0.3) is 0 Å². The third-order valence-electron chi connectivity index (χ3n) is 3.38. The lowest BCUT2D eigenvalue weighted by atomic mass is 10.0. The van der Waals surface area contributed by atoms with Gasteiger partial charge < -0.3 is 5.11 Å². The average Bonchev–Trinajstić information content (AvgIpc) is 2.94. The number of carboxylic acids is 1. The van der Waals surface area contributed by atoms with Crippen LogP contribution in [0.15, 0.2) is 42.5 Å². The molecule has 6 heteroatoms. The zero-order chi connectivity index (χ0) is 13.7. The van der Waals surface area contributed by atoms with Crippen LogP contribution in [0.5, 0.6) is 0 Å². The van der Waals surface area contributed by atoms with Crippen LogP contribution in [-0.2, 0) is 0 Å². The van der Waals surface area contributed by atoms with Crippen molar-refractivity contribution >= 4 is 33.3 Å². The summed E-state index contributed by atoms with van der Waals surface area (Å²) in [6.07, 6.45) is 0. The minimum Gasteiger partial charge on any atom is -0.478 e. The van der Waals surface area contributed by atoms with Crippen molar-refractivity contribution in [2.24, 2.45) is 0 Å². The summed E-state index contributed by atoms with van der Waals surface area (Å²) in [6, 6.07) is 13.3. The second-order valence-corrected chi connectivity index (χ2v) is 4.50. The molecule has 0 spiro atoms. The molecule has 0 amide bonds. The standard InChI is InChI=1S/C14H8N4O2/c19-14(20)11-7-9-6-5-8-3-1-2-4-10(8)12(9)18-13(11)15-16-17-18/h1-7H,(H,19,20). The van der Waals surface area contributed by atoms with E-state index in [1.165, 1.54) is 4.52 Å². The molecule has 0 fully saturated rings. The number of aromatic nitrogens is 4. The van der Waals surface area contributed by atoms with Gasteiger partial charge in [-0.2, -0.15) is 4.52 Å². The molecule has 0 saturated carbocycles. The SMILES string of the molecule is O=C(O)c1cc2ccc3ccccc3c2n2nnnc12. The van der Waals surface area contributed by atoms with Crippen LogP contribution in [0, 0.1) is 0 Å². The lowest BCUT2D eigenvalue weighted by Crippen LogP contribution is -2.03. The molecule has 0 atom stereocenters. The third-order valence-corrected chi connectivity index (χ3v) is 3.38. The van der Waals surface area contributed by atoms with Gasteiger partial charge in [-0.1, -0.05) is 36.4 Å². The molecule has 4 rings (SSSR count). The van der Waals surface area contributed by atoms with E-state index in [9.17, 15) is 9.90 Å². The minimum absolute atomic E-state index is 0.0952. The Morgan fingerprint density at radius 1 is 1.10 bits per heavy atom. The van der Waals surface area contributed by atoms with Crippen molar-refractivity contribution in [3.05, 3.63) is 48.0 Å². The first-order chi connectivity index (χ1) is 9.75. The van der Waals surface area contributed by atoms with E-state index in [1.807, 2.05) is 36.4 Å². The number of hydrogen-bond acceptors (Lipinski definition) is 4. The number of aromatic carboxylic acids is 1. The number of carbonyl (C=O) groups is 1. The molecule has 96 valence electrons. The fraction of sp³-hybridized carbons (Fsp3) is 0. The maximum absolute atomic E-state index is 11.3. The quantitative estimate of drug-likeness (QED) is 0.533. The Balaban J connectivity index is 2.33. The Kier molecular flexibility index (Phi) is 2.03. The number of hydrogen-bond donors (Lipinski definition) is 1. The van der Waals surface area contributed by atoms with E-state index in [0.717, 1.165) is 21.7 Å². The van der Waals surface area contributed by atoms with Crippen LogP contribution >= 0.6 is 0 Å². The molecular weight excluding hydrogens is 256 g/mol. The van der Waals surface area contributed by atoms with Crippen molar-refractivity contribution in [2.75, 3.05) is 0 Å². The molecule has 2 aromatic carbocycles. The second kappa shape index (κ2) is 3.74. The molecule has 0 radical (unpaired) electrons. The van der Waals surface area contributed by atoms with Gasteiger partial charge in [-0.25, -0.2) is 4.79 Å². The van der Waals surface area contributed by atoms with Gasteiger partial charge in [0.05, 0.1) is 5.52 Å². The van der Waals surface area contributed by atoms with Crippen molar-refractivity contribution in [1.29, 1.82) is 0 Å². The van der Waals surface area contributed by atoms with Gasteiger partial charge in [0.1, 0.15) is 5.56 Å². The summed E-state index contributed by atoms with van der Waals surface area (Å²) in [6.45, 7) is 0. The van der Waals surface area contributed by atoms with Crippen LogP contribution in [0.3, 0.4) is 0 Å². The molecule has 0 saturated heterocycles. The molecule has 4 aromatic rings. The molecule has 0 aliphatic rings. The van der Waals surface area contributed by atoms with Crippen molar-refractivity contribution < 1.29 is 9.90 Å². The number of tetrazole rings is 1. The number of pyridine rings is 1. The summed E-state index contributed by atoms with van der Waals surface area (Å²) >= 11 is 0. The first kappa shape index (κ1) is 10.9. The molecule has 6 nitrogen and oxygen atoms in total. The number of carboxylic acid groups (broad SMARTS) is 1. The smallest absolute Gasteiger partial charge is 0.339 e. The summed E-state index contributed by atoms with van der Waals surface area (Å²) in [5, 5.41) is 23.4. The molecule has 0 bridgehead atoms. The molecule has 2 heterocycles. The maximum Gasteiger partial charge on any atom is 0.339 e. The molecule has 0 aliphatic carbocycles. The van der Waals surface area contributed by atoms with E-state index in [1.54, 1.807) is 6.07 Å². The first-order valence-electron chi connectivity index (χ1n) is 6.01. The summed E-state index contributed by atoms with van der Waals surface area (Å²) in [7, 11) is 0. The highest BCUT2D eigenvalue weighted by Crippen LogP contribution is 2.27. The van der Waals surface area contributed by atoms with Crippen molar-refractivity contribution in [3.8, 4) is 0 Å². The number of nitrogens with zero attached hydrogens (tertiary/aromatic N) is 4. The van der Waals surface area contributed by atoms with Crippen molar-refractivity contribution in [2.45, 2.75) is 0 Å². The number of benzene rings is 2. The molecule has 2 aromatic heterocycles. The van der Waals surface area contributed by atoms with Crippen LogP contribution < -0.4 is 0 Å². The second-order valence-electron chi connectivity index (χ2n) is 4.50. The Bertz CT molecular complexity index is 990. The summed E-state index contributed by atoms with van der Waals surface area (Å²) in [5.74, 6) is -1.04. The van der Waals surface area contributed by atoms with Gasteiger partial charge in [-0.05, 0) is 21.9 Å². The van der Waals surface area contributed by atoms with Crippen molar-refractivity contribution in [3.63, 3.8) is 0 Å². The Labute approximate surface area is 112 Å². The largest absolute Gasteiger partial charge is 0.478 e. The van der Waals surface area contributed by atoms with Crippen molar-refractivity contribution in [1.82, 2.24) is 20.0 Å². The zero-order valence-corrected chi connectivity index (χ0v) is 10.2. The lowest BCUT2D eigenvalue weighted by Gasteiger charge is -2.06. The van der Waals surface area contributed by atoms with Crippen LogP contribution in [0.2, 0.25) is 0 Å². The zero-order valence-electron chi connectivity index (χ0n) is 10.2. The monoisotopic (exact) mass is 264 g/mol. The van der Waals surface area contributed by atoms with Crippen LogP contribution in [0.4, 0.5) is 0 Å². The lowest BCUT2D eigenvalue weighted by molar-refractivity contribution is 0.0698. The highest BCUT2D eigenvalue weighted by molar-refractivity contribution is 6.09. The van der Waals surface area contributed by atoms with E-state index in [0.29, 0.717) is 0 Å². The molecule has 0 unspecified atom stereocenters. The highest BCUT2D eigenvalue weighted by Gasteiger charge is 2.16. The Morgan fingerprint density at radius 2 is 1.90 bits per heavy atom. The third kappa shape index (κ3) is 1.33. The first-order valence-corrected chi connectivity index (χ1v) is 6.01. The Hall–Kier alpha value is -3.02. The molecule has 20 heavy (non-hydrogen) atoms. The molecule has 1 N–H and O–H groups in total. The van der Waals surface area contributed by atoms with E-state index >= 15 is 0 Å².